The van der Waals surface area contributed by atoms with Crippen molar-refractivity contribution in [3.05, 3.63) is 35.9 Å². The minimum Gasteiger partial charge on any atom is -0.330 e. The average molecular weight is 232 g/mol. The lowest BCUT2D eigenvalue weighted by molar-refractivity contribution is 0.171. The molecule has 1 fully saturated rings. The van der Waals surface area contributed by atoms with Crippen molar-refractivity contribution in [1.82, 2.24) is 4.90 Å². The topological polar surface area (TPSA) is 29.3 Å². The Morgan fingerprint density at radius 2 is 1.88 bits per heavy atom. The van der Waals surface area contributed by atoms with Crippen LogP contribution in [0.5, 0.6) is 0 Å². The summed E-state index contributed by atoms with van der Waals surface area (Å²) in [5.74, 6) is 0. The van der Waals surface area contributed by atoms with Crippen LogP contribution in [0.2, 0.25) is 0 Å². The first kappa shape index (κ1) is 12.6. The summed E-state index contributed by atoms with van der Waals surface area (Å²) in [6, 6.07) is 11.3. The van der Waals surface area contributed by atoms with Gasteiger partial charge in [0.25, 0.3) is 0 Å². The number of hydrogen-bond donors (Lipinski definition) is 1. The lowest BCUT2D eigenvalue weighted by Crippen LogP contribution is -2.38. The molecule has 0 bridgehead atoms. The number of rotatable bonds is 6. The summed E-state index contributed by atoms with van der Waals surface area (Å²) >= 11 is 0. The van der Waals surface area contributed by atoms with E-state index < -0.39 is 0 Å². The smallest absolute Gasteiger partial charge is 0.0236 e. The fraction of sp³-hybridized carbons (Fsp3) is 0.600. The fourth-order valence-corrected chi connectivity index (χ4v) is 2.27. The summed E-state index contributed by atoms with van der Waals surface area (Å²) in [6.07, 6.45) is 2.61. The molecule has 0 saturated heterocycles. The Kier molecular flexibility index (Phi) is 3.85. The molecule has 1 aliphatic rings. The van der Waals surface area contributed by atoms with Crippen LogP contribution >= 0.6 is 0 Å². The molecule has 94 valence electrons. The fourth-order valence-electron chi connectivity index (χ4n) is 2.27. The Balaban J connectivity index is 1.98. The van der Waals surface area contributed by atoms with Crippen molar-refractivity contribution in [1.29, 1.82) is 0 Å². The van der Waals surface area contributed by atoms with Crippen molar-refractivity contribution in [2.75, 3.05) is 13.1 Å². The second kappa shape index (κ2) is 5.19. The van der Waals surface area contributed by atoms with Crippen LogP contribution in [0.15, 0.2) is 30.3 Å². The van der Waals surface area contributed by atoms with Gasteiger partial charge in [-0.3, -0.25) is 4.90 Å². The molecule has 1 aliphatic carbocycles. The van der Waals surface area contributed by atoms with Crippen molar-refractivity contribution in [2.45, 2.75) is 39.3 Å². The monoisotopic (exact) mass is 232 g/mol. The van der Waals surface area contributed by atoms with E-state index in [1.54, 1.807) is 0 Å². The highest BCUT2D eigenvalue weighted by Crippen LogP contribution is 2.45. The molecular formula is C15H24N2. The Bertz CT molecular complexity index is 341. The number of nitrogens with zero attached hydrogens (tertiary/aromatic N) is 1. The average Bonchev–Trinajstić information content (AvgIpc) is 3.10. The first-order valence-electron chi connectivity index (χ1n) is 6.63. The predicted octanol–water partition coefficient (Wildman–Crippen LogP) is 2.64. The van der Waals surface area contributed by atoms with E-state index in [2.05, 4.69) is 49.1 Å². The third-order valence-corrected chi connectivity index (χ3v) is 3.89. The Morgan fingerprint density at radius 3 is 2.35 bits per heavy atom. The molecule has 0 atom stereocenters. The van der Waals surface area contributed by atoms with Crippen LogP contribution in [0.1, 0.15) is 32.3 Å². The van der Waals surface area contributed by atoms with E-state index in [0.717, 1.165) is 19.6 Å². The molecule has 17 heavy (non-hydrogen) atoms. The van der Waals surface area contributed by atoms with Gasteiger partial charge in [0.05, 0.1) is 0 Å². The molecule has 2 nitrogen and oxygen atoms in total. The number of hydrogen-bond acceptors (Lipinski definition) is 2. The zero-order valence-corrected chi connectivity index (χ0v) is 11.0. The number of nitrogens with two attached hydrogens (primary N) is 1. The molecule has 1 aromatic rings. The van der Waals surface area contributed by atoms with Gasteiger partial charge in [-0.2, -0.15) is 0 Å². The van der Waals surface area contributed by atoms with Crippen LogP contribution in [0.3, 0.4) is 0 Å². The highest BCUT2D eigenvalue weighted by atomic mass is 15.2. The quantitative estimate of drug-likeness (QED) is 0.817. The maximum Gasteiger partial charge on any atom is 0.0236 e. The molecule has 0 spiro atoms. The number of benzene rings is 1. The normalized spacial score (nSPS) is 17.7. The summed E-state index contributed by atoms with van der Waals surface area (Å²) in [5.41, 5.74) is 7.71. The van der Waals surface area contributed by atoms with Crippen LogP contribution in [-0.4, -0.2) is 24.0 Å². The largest absolute Gasteiger partial charge is 0.330 e. The van der Waals surface area contributed by atoms with Gasteiger partial charge in [0.2, 0.25) is 0 Å². The summed E-state index contributed by atoms with van der Waals surface area (Å²) < 4.78 is 0. The van der Waals surface area contributed by atoms with Gasteiger partial charge < -0.3 is 5.73 Å². The molecule has 0 aliphatic heterocycles. The SMILES string of the molecule is CC(C)N(Cc1ccccc1)CC1(CN)CC1. The van der Waals surface area contributed by atoms with Gasteiger partial charge in [0.1, 0.15) is 0 Å². The van der Waals surface area contributed by atoms with Gasteiger partial charge in [-0.05, 0) is 44.2 Å². The summed E-state index contributed by atoms with van der Waals surface area (Å²) in [4.78, 5) is 2.55. The third-order valence-electron chi connectivity index (χ3n) is 3.89. The zero-order valence-electron chi connectivity index (χ0n) is 11.0. The first-order chi connectivity index (χ1) is 8.15. The summed E-state index contributed by atoms with van der Waals surface area (Å²) in [7, 11) is 0. The lowest BCUT2D eigenvalue weighted by Gasteiger charge is -2.30. The van der Waals surface area contributed by atoms with Crippen molar-refractivity contribution >= 4 is 0 Å². The van der Waals surface area contributed by atoms with E-state index in [1.165, 1.54) is 18.4 Å². The highest BCUT2D eigenvalue weighted by Gasteiger charge is 2.42. The van der Waals surface area contributed by atoms with Crippen LogP contribution in [0.25, 0.3) is 0 Å². The van der Waals surface area contributed by atoms with Crippen molar-refractivity contribution in [3.8, 4) is 0 Å². The van der Waals surface area contributed by atoms with Gasteiger partial charge >= 0.3 is 0 Å². The second-order valence-corrected chi connectivity index (χ2v) is 5.69. The van der Waals surface area contributed by atoms with Crippen molar-refractivity contribution < 1.29 is 0 Å². The van der Waals surface area contributed by atoms with Crippen LogP contribution in [-0.2, 0) is 6.54 Å². The van der Waals surface area contributed by atoms with Gasteiger partial charge in [-0.15, -0.1) is 0 Å². The van der Waals surface area contributed by atoms with E-state index in [1.807, 2.05) is 0 Å². The van der Waals surface area contributed by atoms with Gasteiger partial charge in [-0.25, -0.2) is 0 Å². The van der Waals surface area contributed by atoms with Gasteiger partial charge in [-0.1, -0.05) is 30.3 Å². The van der Waals surface area contributed by atoms with E-state index in [-0.39, 0.29) is 0 Å². The van der Waals surface area contributed by atoms with E-state index in [4.69, 9.17) is 5.73 Å². The Morgan fingerprint density at radius 1 is 1.24 bits per heavy atom. The minimum absolute atomic E-state index is 0.430. The van der Waals surface area contributed by atoms with Gasteiger partial charge in [0, 0.05) is 19.1 Å². The molecule has 2 N–H and O–H groups in total. The van der Waals surface area contributed by atoms with Crippen LogP contribution in [0, 0.1) is 5.41 Å². The maximum atomic E-state index is 5.88. The maximum absolute atomic E-state index is 5.88. The molecule has 1 aromatic carbocycles. The van der Waals surface area contributed by atoms with E-state index in [9.17, 15) is 0 Å². The molecule has 1 saturated carbocycles. The third kappa shape index (κ3) is 3.30. The van der Waals surface area contributed by atoms with Crippen LogP contribution < -0.4 is 5.73 Å². The lowest BCUT2D eigenvalue weighted by atomic mass is 10.1. The standard InChI is InChI=1S/C15H24N2/c1-13(2)17(12-15(11-16)8-9-15)10-14-6-4-3-5-7-14/h3-7,13H,8-12,16H2,1-2H3. The first-order valence-corrected chi connectivity index (χ1v) is 6.63. The molecule has 0 heterocycles. The second-order valence-electron chi connectivity index (χ2n) is 5.69. The molecule has 2 heteroatoms. The Hall–Kier alpha value is -0.860. The molecule has 0 aromatic heterocycles. The predicted molar refractivity (Wildman–Crippen MR) is 72.7 cm³/mol. The van der Waals surface area contributed by atoms with Crippen molar-refractivity contribution in [3.63, 3.8) is 0 Å². The molecule has 0 unspecified atom stereocenters. The molecule has 0 radical (unpaired) electrons. The summed E-state index contributed by atoms with van der Waals surface area (Å²) in [5, 5.41) is 0. The minimum atomic E-state index is 0.430. The van der Waals surface area contributed by atoms with Gasteiger partial charge in [0.15, 0.2) is 0 Å². The highest BCUT2D eigenvalue weighted by molar-refractivity contribution is 5.14. The van der Waals surface area contributed by atoms with E-state index >= 15 is 0 Å². The molecule has 2 rings (SSSR count). The van der Waals surface area contributed by atoms with Crippen LogP contribution in [0.4, 0.5) is 0 Å². The molecule has 0 amide bonds. The summed E-state index contributed by atoms with van der Waals surface area (Å²) in [6.45, 7) is 7.58. The van der Waals surface area contributed by atoms with E-state index in [0.29, 0.717) is 11.5 Å². The Labute approximate surface area is 105 Å². The molecular weight excluding hydrogens is 208 g/mol. The zero-order chi connectivity index (χ0) is 12.3. The van der Waals surface area contributed by atoms with Crippen molar-refractivity contribution in [2.24, 2.45) is 11.1 Å².